The van der Waals surface area contributed by atoms with Gasteiger partial charge in [-0.3, -0.25) is 9.80 Å². The second-order valence-corrected chi connectivity index (χ2v) is 6.94. The Hall–Kier alpha value is 0.130. The standard InChI is InChI=1S/C16H33N3O.ClH/c1-4-5-15-12-18(8-9-19(15)10-11-20-3)14-16(2)6-7-17-13-16;/h15,17H,4-14H2,1-3H3;1H. The topological polar surface area (TPSA) is 27.7 Å². The summed E-state index contributed by atoms with van der Waals surface area (Å²) in [6.07, 6.45) is 3.92. The fraction of sp³-hybridized carbons (Fsp3) is 1.00. The summed E-state index contributed by atoms with van der Waals surface area (Å²) in [7, 11) is 1.80. The van der Waals surface area contributed by atoms with E-state index < -0.39 is 0 Å². The second-order valence-electron chi connectivity index (χ2n) is 6.94. The molecule has 4 nitrogen and oxygen atoms in total. The van der Waals surface area contributed by atoms with Crippen LogP contribution in [0.25, 0.3) is 0 Å². The van der Waals surface area contributed by atoms with Crippen molar-refractivity contribution in [3.63, 3.8) is 0 Å². The van der Waals surface area contributed by atoms with Gasteiger partial charge in [0.2, 0.25) is 0 Å². The van der Waals surface area contributed by atoms with Crippen LogP contribution in [-0.4, -0.2) is 75.4 Å². The Balaban J connectivity index is 0.00000220. The van der Waals surface area contributed by atoms with E-state index in [1.54, 1.807) is 7.11 Å². The van der Waals surface area contributed by atoms with Crippen molar-refractivity contribution < 1.29 is 4.74 Å². The van der Waals surface area contributed by atoms with Crippen molar-refractivity contribution in [3.05, 3.63) is 0 Å². The molecule has 2 atom stereocenters. The molecule has 21 heavy (non-hydrogen) atoms. The van der Waals surface area contributed by atoms with E-state index >= 15 is 0 Å². The van der Waals surface area contributed by atoms with Gasteiger partial charge in [-0.05, 0) is 24.8 Å². The number of hydrogen-bond donors (Lipinski definition) is 1. The summed E-state index contributed by atoms with van der Waals surface area (Å²) in [5.74, 6) is 0. The van der Waals surface area contributed by atoms with E-state index in [9.17, 15) is 0 Å². The Labute approximate surface area is 137 Å². The lowest BCUT2D eigenvalue weighted by Gasteiger charge is -2.44. The van der Waals surface area contributed by atoms with Crippen molar-refractivity contribution in [1.82, 2.24) is 15.1 Å². The Bertz CT molecular complexity index is 285. The van der Waals surface area contributed by atoms with E-state index in [0.29, 0.717) is 5.41 Å². The summed E-state index contributed by atoms with van der Waals surface area (Å²) >= 11 is 0. The highest BCUT2D eigenvalue weighted by molar-refractivity contribution is 5.85. The zero-order valence-corrected chi connectivity index (χ0v) is 14.9. The predicted molar refractivity (Wildman–Crippen MR) is 91.4 cm³/mol. The molecule has 2 aliphatic rings. The van der Waals surface area contributed by atoms with E-state index in [2.05, 4.69) is 29.0 Å². The molecule has 5 heteroatoms. The van der Waals surface area contributed by atoms with Gasteiger partial charge in [0.1, 0.15) is 0 Å². The number of methoxy groups -OCH3 is 1. The molecule has 0 radical (unpaired) electrons. The van der Waals surface area contributed by atoms with Crippen molar-refractivity contribution in [3.8, 4) is 0 Å². The molecule has 126 valence electrons. The van der Waals surface area contributed by atoms with Gasteiger partial charge in [-0.25, -0.2) is 0 Å². The minimum absolute atomic E-state index is 0. The summed E-state index contributed by atoms with van der Waals surface area (Å²) in [5, 5.41) is 3.52. The third kappa shape index (κ3) is 5.68. The molecular formula is C16H34ClN3O. The molecule has 2 rings (SSSR count). The first-order valence-electron chi connectivity index (χ1n) is 8.33. The van der Waals surface area contributed by atoms with E-state index in [0.717, 1.165) is 19.2 Å². The number of halogens is 1. The molecule has 0 aliphatic carbocycles. The van der Waals surface area contributed by atoms with Gasteiger partial charge in [0.25, 0.3) is 0 Å². The number of nitrogens with one attached hydrogen (secondary N) is 1. The van der Waals surface area contributed by atoms with E-state index in [1.165, 1.54) is 58.5 Å². The van der Waals surface area contributed by atoms with Gasteiger partial charge in [-0.2, -0.15) is 0 Å². The van der Waals surface area contributed by atoms with E-state index in [1.807, 2.05) is 0 Å². The maximum atomic E-state index is 5.26. The lowest BCUT2D eigenvalue weighted by atomic mass is 9.88. The summed E-state index contributed by atoms with van der Waals surface area (Å²) < 4.78 is 5.26. The molecule has 2 unspecified atom stereocenters. The summed E-state index contributed by atoms with van der Waals surface area (Å²) in [6.45, 7) is 14.0. The first-order chi connectivity index (χ1) is 9.67. The fourth-order valence-corrected chi connectivity index (χ4v) is 3.75. The molecule has 2 aliphatic heterocycles. The van der Waals surface area contributed by atoms with Gasteiger partial charge >= 0.3 is 0 Å². The Morgan fingerprint density at radius 3 is 2.76 bits per heavy atom. The molecule has 0 amide bonds. The molecule has 2 saturated heterocycles. The highest BCUT2D eigenvalue weighted by atomic mass is 35.5. The minimum atomic E-state index is 0. The lowest BCUT2D eigenvalue weighted by Crippen LogP contribution is -2.55. The zero-order valence-electron chi connectivity index (χ0n) is 14.1. The molecule has 2 fully saturated rings. The maximum absolute atomic E-state index is 5.26. The van der Waals surface area contributed by atoms with Gasteiger partial charge in [-0.1, -0.05) is 20.3 Å². The van der Waals surface area contributed by atoms with Crippen LogP contribution in [0.4, 0.5) is 0 Å². The number of piperazine rings is 1. The van der Waals surface area contributed by atoms with Crippen molar-refractivity contribution in [2.24, 2.45) is 5.41 Å². The molecule has 1 N–H and O–H groups in total. The van der Waals surface area contributed by atoms with Crippen LogP contribution in [0, 0.1) is 5.41 Å². The van der Waals surface area contributed by atoms with Gasteiger partial charge in [0, 0.05) is 52.4 Å². The zero-order chi connectivity index (χ0) is 14.4. The number of hydrogen-bond acceptors (Lipinski definition) is 4. The SMILES string of the molecule is CCCC1CN(CC2(C)CCNC2)CCN1CCOC.Cl. The monoisotopic (exact) mass is 319 g/mol. The summed E-state index contributed by atoms with van der Waals surface area (Å²) in [5.41, 5.74) is 0.492. The Morgan fingerprint density at radius 1 is 1.33 bits per heavy atom. The average molecular weight is 320 g/mol. The molecular weight excluding hydrogens is 286 g/mol. The quantitative estimate of drug-likeness (QED) is 0.775. The maximum Gasteiger partial charge on any atom is 0.0589 e. The third-order valence-electron chi connectivity index (χ3n) is 4.96. The highest BCUT2D eigenvalue weighted by Gasteiger charge is 2.33. The smallest absolute Gasteiger partial charge is 0.0589 e. The van der Waals surface area contributed by atoms with Crippen molar-refractivity contribution in [1.29, 1.82) is 0 Å². The molecule has 0 saturated carbocycles. The molecule has 0 aromatic heterocycles. The van der Waals surface area contributed by atoms with Gasteiger partial charge in [0.15, 0.2) is 0 Å². The molecule has 2 heterocycles. The normalized spacial score (nSPS) is 31.3. The fourth-order valence-electron chi connectivity index (χ4n) is 3.75. The Kier molecular flexibility index (Phi) is 8.50. The van der Waals surface area contributed by atoms with Crippen LogP contribution < -0.4 is 5.32 Å². The molecule has 0 spiro atoms. The van der Waals surface area contributed by atoms with Gasteiger partial charge in [-0.15, -0.1) is 12.4 Å². The number of ether oxygens (including phenoxy) is 1. The predicted octanol–water partition coefficient (Wildman–Crippen LogP) is 1.84. The van der Waals surface area contributed by atoms with Crippen LogP contribution in [-0.2, 0) is 4.74 Å². The van der Waals surface area contributed by atoms with Gasteiger partial charge in [0.05, 0.1) is 6.61 Å². The van der Waals surface area contributed by atoms with Crippen molar-refractivity contribution in [2.45, 2.75) is 39.2 Å². The van der Waals surface area contributed by atoms with E-state index in [-0.39, 0.29) is 12.4 Å². The lowest BCUT2D eigenvalue weighted by molar-refractivity contribution is 0.0319. The van der Waals surface area contributed by atoms with Crippen LogP contribution in [0.15, 0.2) is 0 Å². The first-order valence-corrected chi connectivity index (χ1v) is 8.33. The molecule has 0 bridgehead atoms. The van der Waals surface area contributed by atoms with Gasteiger partial charge < -0.3 is 10.1 Å². The average Bonchev–Trinajstić information content (AvgIpc) is 2.85. The third-order valence-corrected chi connectivity index (χ3v) is 4.96. The largest absolute Gasteiger partial charge is 0.383 e. The second kappa shape index (κ2) is 9.31. The van der Waals surface area contributed by atoms with Crippen LogP contribution in [0.3, 0.4) is 0 Å². The number of nitrogens with zero attached hydrogens (tertiary/aromatic N) is 2. The Morgan fingerprint density at radius 2 is 2.14 bits per heavy atom. The van der Waals surface area contributed by atoms with Crippen LogP contribution in [0.2, 0.25) is 0 Å². The summed E-state index contributed by atoms with van der Waals surface area (Å²) in [6, 6.07) is 0.724. The highest BCUT2D eigenvalue weighted by Crippen LogP contribution is 2.27. The van der Waals surface area contributed by atoms with Crippen molar-refractivity contribution in [2.75, 3.05) is 59.5 Å². The van der Waals surface area contributed by atoms with E-state index in [4.69, 9.17) is 4.74 Å². The van der Waals surface area contributed by atoms with Crippen molar-refractivity contribution >= 4 is 12.4 Å². The van der Waals surface area contributed by atoms with Crippen LogP contribution in [0.5, 0.6) is 0 Å². The first kappa shape index (κ1) is 19.2. The molecule has 0 aromatic carbocycles. The van der Waals surface area contributed by atoms with Crippen LogP contribution >= 0.6 is 12.4 Å². The number of rotatable bonds is 7. The van der Waals surface area contributed by atoms with Crippen LogP contribution in [0.1, 0.15) is 33.1 Å². The summed E-state index contributed by atoms with van der Waals surface area (Å²) in [4.78, 5) is 5.34. The molecule has 0 aromatic rings. The minimum Gasteiger partial charge on any atom is -0.383 e.